The van der Waals surface area contributed by atoms with Crippen molar-refractivity contribution in [1.82, 2.24) is 23.9 Å². The molecule has 0 amide bonds. The van der Waals surface area contributed by atoms with Crippen molar-refractivity contribution in [2.75, 3.05) is 0 Å². The molecule has 0 fully saturated rings. The van der Waals surface area contributed by atoms with Gasteiger partial charge in [0.25, 0.3) is 5.56 Å². The summed E-state index contributed by atoms with van der Waals surface area (Å²) < 4.78 is 3.60. The summed E-state index contributed by atoms with van der Waals surface area (Å²) in [5.41, 5.74) is 4.55. The van der Waals surface area contributed by atoms with Gasteiger partial charge in [-0.15, -0.1) is 0 Å². The molecule has 0 aliphatic rings. The highest BCUT2D eigenvalue weighted by Crippen LogP contribution is 2.25. The molecule has 0 saturated carbocycles. The van der Waals surface area contributed by atoms with Crippen LogP contribution in [0.1, 0.15) is 16.8 Å². The van der Waals surface area contributed by atoms with Gasteiger partial charge in [-0.25, -0.2) is 15.0 Å². The Morgan fingerprint density at radius 1 is 1.00 bits per heavy atom. The van der Waals surface area contributed by atoms with Crippen LogP contribution in [0.2, 0.25) is 0 Å². The number of para-hydroxylation sites is 1. The Morgan fingerprint density at radius 3 is 2.60 bits per heavy atom. The standard InChI is InChI=1S/C23H19N5OS/c1-15-10-16(2)12-18(11-15)28-21(29)19-6-3-4-7-20(19)26-23(28)30-14-17-13-27-9-5-8-24-22(27)25-17/h3-13H,14H2,1-2H3. The molecule has 0 unspecified atom stereocenters. The van der Waals surface area contributed by atoms with Gasteiger partial charge in [0.1, 0.15) is 0 Å². The van der Waals surface area contributed by atoms with Crippen molar-refractivity contribution >= 4 is 28.4 Å². The summed E-state index contributed by atoms with van der Waals surface area (Å²) in [6, 6.07) is 15.5. The molecule has 0 aliphatic carbocycles. The Bertz CT molecular complexity index is 1400. The summed E-state index contributed by atoms with van der Waals surface area (Å²) in [6.07, 6.45) is 5.60. The van der Waals surface area contributed by atoms with Crippen LogP contribution in [0, 0.1) is 13.8 Å². The normalized spacial score (nSPS) is 11.4. The molecule has 5 aromatic rings. The Labute approximate surface area is 177 Å². The van der Waals surface area contributed by atoms with Gasteiger partial charge in [-0.2, -0.15) is 0 Å². The van der Waals surface area contributed by atoms with Gasteiger partial charge in [0.05, 0.1) is 22.3 Å². The molecule has 2 aromatic carbocycles. The van der Waals surface area contributed by atoms with Crippen LogP contribution in [0.25, 0.3) is 22.4 Å². The molecule has 3 heterocycles. The monoisotopic (exact) mass is 413 g/mol. The molecule has 0 radical (unpaired) electrons. The fourth-order valence-corrected chi connectivity index (χ4v) is 4.50. The van der Waals surface area contributed by atoms with E-state index in [1.807, 2.05) is 73.1 Å². The van der Waals surface area contributed by atoms with Crippen molar-refractivity contribution in [3.63, 3.8) is 0 Å². The fraction of sp³-hybridized carbons (Fsp3) is 0.130. The van der Waals surface area contributed by atoms with Crippen molar-refractivity contribution in [1.29, 1.82) is 0 Å². The summed E-state index contributed by atoms with van der Waals surface area (Å²) in [6.45, 7) is 4.07. The number of rotatable bonds is 4. The lowest BCUT2D eigenvalue weighted by Gasteiger charge is -2.14. The van der Waals surface area contributed by atoms with Gasteiger partial charge < -0.3 is 0 Å². The zero-order valence-electron chi connectivity index (χ0n) is 16.6. The Balaban J connectivity index is 1.63. The van der Waals surface area contributed by atoms with Gasteiger partial charge in [-0.1, -0.05) is 30.0 Å². The minimum absolute atomic E-state index is 0.0650. The van der Waals surface area contributed by atoms with Crippen molar-refractivity contribution in [3.8, 4) is 5.69 Å². The van der Waals surface area contributed by atoms with E-state index in [9.17, 15) is 4.79 Å². The third-order valence-corrected chi connectivity index (χ3v) is 5.82. The molecular weight excluding hydrogens is 394 g/mol. The van der Waals surface area contributed by atoms with Crippen molar-refractivity contribution in [3.05, 3.63) is 94.3 Å². The molecule has 7 heteroatoms. The predicted molar refractivity (Wildman–Crippen MR) is 119 cm³/mol. The molecule has 0 aliphatic heterocycles. The van der Waals surface area contributed by atoms with Crippen LogP contribution in [-0.4, -0.2) is 23.9 Å². The first-order chi connectivity index (χ1) is 14.6. The zero-order valence-corrected chi connectivity index (χ0v) is 17.4. The van der Waals surface area contributed by atoms with Crippen LogP contribution >= 0.6 is 11.8 Å². The quantitative estimate of drug-likeness (QED) is 0.324. The van der Waals surface area contributed by atoms with Crippen LogP contribution in [0.5, 0.6) is 0 Å². The van der Waals surface area contributed by atoms with Crippen LogP contribution < -0.4 is 5.56 Å². The SMILES string of the molecule is Cc1cc(C)cc(-n2c(SCc3cn4cccnc4n3)nc3ccccc3c2=O)c1. The van der Waals surface area contributed by atoms with Crippen LogP contribution in [-0.2, 0) is 5.75 Å². The highest BCUT2D eigenvalue weighted by molar-refractivity contribution is 7.98. The van der Waals surface area contributed by atoms with Gasteiger partial charge in [-0.3, -0.25) is 13.8 Å². The maximum Gasteiger partial charge on any atom is 0.266 e. The summed E-state index contributed by atoms with van der Waals surface area (Å²) in [4.78, 5) is 27.0. The van der Waals surface area contributed by atoms with Crippen LogP contribution in [0.3, 0.4) is 0 Å². The summed E-state index contributed by atoms with van der Waals surface area (Å²) in [5, 5.41) is 1.26. The second-order valence-electron chi connectivity index (χ2n) is 7.25. The molecule has 0 saturated heterocycles. The number of aromatic nitrogens is 5. The minimum atomic E-state index is -0.0650. The second-order valence-corrected chi connectivity index (χ2v) is 8.19. The maximum atomic E-state index is 13.4. The van der Waals surface area contributed by atoms with E-state index >= 15 is 0 Å². The van der Waals surface area contributed by atoms with E-state index < -0.39 is 0 Å². The first-order valence-corrected chi connectivity index (χ1v) is 10.6. The Kier molecular flexibility index (Phi) is 4.59. The Morgan fingerprint density at radius 2 is 1.80 bits per heavy atom. The number of hydrogen-bond acceptors (Lipinski definition) is 5. The molecule has 6 nitrogen and oxygen atoms in total. The molecule has 0 spiro atoms. The number of thioether (sulfide) groups is 1. The topological polar surface area (TPSA) is 65.1 Å². The molecule has 148 valence electrons. The van der Waals surface area contributed by atoms with E-state index in [0.717, 1.165) is 22.5 Å². The molecule has 5 rings (SSSR count). The van der Waals surface area contributed by atoms with E-state index in [1.165, 1.54) is 11.8 Å². The smallest absolute Gasteiger partial charge is 0.266 e. The zero-order chi connectivity index (χ0) is 20.7. The van der Waals surface area contributed by atoms with Crippen molar-refractivity contribution < 1.29 is 0 Å². The van der Waals surface area contributed by atoms with E-state index in [2.05, 4.69) is 16.0 Å². The molecule has 3 aromatic heterocycles. The van der Waals surface area contributed by atoms with Gasteiger partial charge in [0, 0.05) is 24.3 Å². The summed E-state index contributed by atoms with van der Waals surface area (Å²) in [7, 11) is 0. The number of aryl methyl sites for hydroxylation is 2. The lowest BCUT2D eigenvalue weighted by atomic mass is 10.1. The molecular formula is C23H19N5OS. The minimum Gasteiger partial charge on any atom is -0.291 e. The molecule has 30 heavy (non-hydrogen) atoms. The number of fused-ring (bicyclic) bond motifs is 2. The molecule has 0 atom stereocenters. The van der Waals surface area contributed by atoms with E-state index in [1.54, 1.807) is 10.8 Å². The molecule has 0 N–H and O–H groups in total. The highest BCUT2D eigenvalue weighted by Gasteiger charge is 2.15. The van der Waals surface area contributed by atoms with Gasteiger partial charge in [0.2, 0.25) is 5.78 Å². The lowest BCUT2D eigenvalue weighted by Crippen LogP contribution is -2.22. The van der Waals surface area contributed by atoms with Crippen LogP contribution in [0.4, 0.5) is 0 Å². The number of benzene rings is 2. The first kappa shape index (κ1) is 18.6. The second kappa shape index (κ2) is 7.42. The van der Waals surface area contributed by atoms with Crippen molar-refractivity contribution in [2.45, 2.75) is 24.8 Å². The van der Waals surface area contributed by atoms with Gasteiger partial charge in [-0.05, 0) is 55.3 Å². The molecule has 0 bridgehead atoms. The third kappa shape index (κ3) is 3.37. The maximum absolute atomic E-state index is 13.4. The average molecular weight is 414 g/mol. The average Bonchev–Trinajstić information content (AvgIpc) is 3.14. The van der Waals surface area contributed by atoms with Gasteiger partial charge >= 0.3 is 0 Å². The number of hydrogen-bond donors (Lipinski definition) is 0. The Hall–Kier alpha value is -3.45. The van der Waals surface area contributed by atoms with E-state index in [0.29, 0.717) is 27.6 Å². The van der Waals surface area contributed by atoms with Crippen LogP contribution in [0.15, 0.2) is 77.1 Å². The lowest BCUT2D eigenvalue weighted by molar-refractivity contribution is 0.817. The fourth-order valence-electron chi connectivity index (χ4n) is 3.60. The number of nitrogens with zero attached hydrogens (tertiary/aromatic N) is 5. The summed E-state index contributed by atoms with van der Waals surface area (Å²) >= 11 is 1.50. The van der Waals surface area contributed by atoms with E-state index in [-0.39, 0.29) is 5.56 Å². The third-order valence-electron chi connectivity index (χ3n) is 4.84. The van der Waals surface area contributed by atoms with Crippen molar-refractivity contribution in [2.24, 2.45) is 0 Å². The summed E-state index contributed by atoms with van der Waals surface area (Å²) in [5.74, 6) is 1.24. The largest absolute Gasteiger partial charge is 0.291 e. The first-order valence-electron chi connectivity index (χ1n) is 9.60. The predicted octanol–water partition coefficient (Wildman–Crippen LogP) is 4.34. The van der Waals surface area contributed by atoms with E-state index in [4.69, 9.17) is 4.98 Å². The number of imidazole rings is 1. The highest BCUT2D eigenvalue weighted by atomic mass is 32.2. The van der Waals surface area contributed by atoms with Gasteiger partial charge in [0.15, 0.2) is 5.16 Å².